The lowest BCUT2D eigenvalue weighted by Gasteiger charge is -2.22. The van der Waals surface area contributed by atoms with Crippen molar-refractivity contribution < 1.29 is 14.3 Å². The molecule has 0 aliphatic heterocycles. The molecule has 6 heteroatoms. The Kier molecular flexibility index (Phi) is 7.04. The zero-order valence-corrected chi connectivity index (χ0v) is 15.8. The van der Waals surface area contributed by atoms with E-state index >= 15 is 0 Å². The van der Waals surface area contributed by atoms with Gasteiger partial charge in [0.05, 0.1) is 22.9 Å². The van der Waals surface area contributed by atoms with Crippen LogP contribution in [0.4, 0.5) is 5.69 Å². The first-order valence-electron chi connectivity index (χ1n) is 8.52. The molecule has 2 rings (SSSR count). The Labute approximate surface area is 158 Å². The van der Waals surface area contributed by atoms with Crippen molar-refractivity contribution in [3.8, 4) is 5.75 Å². The number of carbonyl (C=O) groups excluding carboxylic acids is 2. The van der Waals surface area contributed by atoms with Crippen LogP contribution >= 0.6 is 11.6 Å². The van der Waals surface area contributed by atoms with Gasteiger partial charge in [0, 0.05) is 0 Å². The molecule has 0 saturated heterocycles. The number of halogens is 1. The van der Waals surface area contributed by atoms with Gasteiger partial charge in [0.25, 0.3) is 5.91 Å². The average molecular weight is 375 g/mol. The summed E-state index contributed by atoms with van der Waals surface area (Å²) in [4.78, 5) is 25.3. The van der Waals surface area contributed by atoms with Gasteiger partial charge in [-0.2, -0.15) is 0 Å². The minimum Gasteiger partial charge on any atom is -0.493 e. The molecule has 0 aliphatic rings. The number of hydrogen-bond acceptors (Lipinski definition) is 3. The number of carbonyl (C=O) groups is 2. The highest BCUT2D eigenvalue weighted by molar-refractivity contribution is 6.33. The Morgan fingerprint density at radius 1 is 1.08 bits per heavy atom. The van der Waals surface area contributed by atoms with Crippen molar-refractivity contribution in [3.05, 3.63) is 59.1 Å². The molecule has 0 unspecified atom stereocenters. The molecule has 26 heavy (non-hydrogen) atoms. The predicted molar refractivity (Wildman–Crippen MR) is 104 cm³/mol. The van der Waals surface area contributed by atoms with Gasteiger partial charge in [-0.1, -0.05) is 49.7 Å². The van der Waals surface area contributed by atoms with E-state index in [-0.39, 0.29) is 17.7 Å². The van der Waals surface area contributed by atoms with Crippen LogP contribution in [0.25, 0.3) is 0 Å². The maximum absolute atomic E-state index is 12.7. The molecule has 0 saturated carbocycles. The molecule has 0 aliphatic carbocycles. The predicted octanol–water partition coefficient (Wildman–Crippen LogP) is 4.13. The van der Waals surface area contributed by atoms with Crippen molar-refractivity contribution in [3.63, 3.8) is 0 Å². The van der Waals surface area contributed by atoms with E-state index in [1.54, 1.807) is 48.5 Å². The maximum atomic E-state index is 12.7. The number of hydrogen-bond donors (Lipinski definition) is 2. The summed E-state index contributed by atoms with van der Waals surface area (Å²) in [5.74, 6) is -0.306. The minimum absolute atomic E-state index is 0.110. The first-order valence-corrected chi connectivity index (χ1v) is 8.90. The first-order chi connectivity index (χ1) is 12.4. The van der Waals surface area contributed by atoms with Crippen molar-refractivity contribution in [1.82, 2.24) is 5.32 Å². The zero-order chi connectivity index (χ0) is 19.1. The standard InChI is InChI=1S/C20H23ClN2O3/c1-4-26-17-12-8-5-9-14(17)19(24)23-18(13(2)3)20(25)22-16-11-7-6-10-15(16)21/h5-13,18H,4H2,1-3H3,(H,22,25)(H,23,24)/t18-/m1/s1. The molecule has 138 valence electrons. The van der Waals surface area contributed by atoms with Crippen LogP contribution in [0.2, 0.25) is 5.02 Å². The highest BCUT2D eigenvalue weighted by atomic mass is 35.5. The monoisotopic (exact) mass is 374 g/mol. The van der Waals surface area contributed by atoms with Crippen molar-refractivity contribution in [1.29, 1.82) is 0 Å². The van der Waals surface area contributed by atoms with Crippen molar-refractivity contribution >= 4 is 29.1 Å². The third kappa shape index (κ3) is 4.99. The molecular formula is C20H23ClN2O3. The highest BCUT2D eigenvalue weighted by Crippen LogP contribution is 2.22. The lowest BCUT2D eigenvalue weighted by Crippen LogP contribution is -2.47. The summed E-state index contributed by atoms with van der Waals surface area (Å²) in [7, 11) is 0. The van der Waals surface area contributed by atoms with Crippen LogP contribution in [-0.2, 0) is 4.79 Å². The lowest BCUT2D eigenvalue weighted by molar-refractivity contribution is -0.118. The molecule has 1 atom stereocenters. The fourth-order valence-corrected chi connectivity index (χ4v) is 2.65. The largest absolute Gasteiger partial charge is 0.493 e. The smallest absolute Gasteiger partial charge is 0.255 e. The molecule has 2 aromatic carbocycles. The summed E-state index contributed by atoms with van der Waals surface area (Å²) < 4.78 is 5.49. The van der Waals surface area contributed by atoms with E-state index in [1.807, 2.05) is 20.8 Å². The van der Waals surface area contributed by atoms with E-state index in [9.17, 15) is 9.59 Å². The van der Waals surface area contributed by atoms with Crippen LogP contribution < -0.4 is 15.4 Å². The fraction of sp³-hybridized carbons (Fsp3) is 0.300. The van der Waals surface area contributed by atoms with Gasteiger partial charge in [-0.25, -0.2) is 0 Å². The van der Waals surface area contributed by atoms with Crippen molar-refractivity contribution in [2.45, 2.75) is 26.8 Å². The second-order valence-corrected chi connectivity index (χ2v) is 6.50. The SMILES string of the molecule is CCOc1ccccc1C(=O)N[C@@H](C(=O)Nc1ccccc1Cl)C(C)C. The number of benzene rings is 2. The van der Waals surface area contributed by atoms with Crippen LogP contribution in [0.3, 0.4) is 0 Å². The van der Waals surface area contributed by atoms with Crippen LogP contribution in [0.5, 0.6) is 5.75 Å². The van der Waals surface area contributed by atoms with Gasteiger partial charge >= 0.3 is 0 Å². The van der Waals surface area contributed by atoms with Gasteiger partial charge in [0.2, 0.25) is 5.91 Å². The molecule has 0 radical (unpaired) electrons. The Hall–Kier alpha value is -2.53. The van der Waals surface area contributed by atoms with Crippen LogP contribution in [0.15, 0.2) is 48.5 Å². The fourth-order valence-electron chi connectivity index (χ4n) is 2.46. The average Bonchev–Trinajstić information content (AvgIpc) is 2.61. The molecular weight excluding hydrogens is 352 g/mol. The van der Waals surface area contributed by atoms with E-state index in [0.717, 1.165) is 0 Å². The molecule has 0 spiro atoms. The Morgan fingerprint density at radius 2 is 1.73 bits per heavy atom. The summed E-state index contributed by atoms with van der Waals surface area (Å²) >= 11 is 6.09. The quantitative estimate of drug-likeness (QED) is 0.765. The van der Waals surface area contributed by atoms with E-state index in [2.05, 4.69) is 10.6 Å². The van der Waals surface area contributed by atoms with Crippen LogP contribution in [0.1, 0.15) is 31.1 Å². The molecule has 2 N–H and O–H groups in total. The highest BCUT2D eigenvalue weighted by Gasteiger charge is 2.26. The number of rotatable bonds is 7. The number of para-hydroxylation sites is 2. The second-order valence-electron chi connectivity index (χ2n) is 6.09. The van der Waals surface area contributed by atoms with Gasteiger partial charge < -0.3 is 15.4 Å². The van der Waals surface area contributed by atoms with E-state index in [4.69, 9.17) is 16.3 Å². The maximum Gasteiger partial charge on any atom is 0.255 e. The number of amides is 2. The Morgan fingerprint density at radius 3 is 2.38 bits per heavy atom. The second kappa shape index (κ2) is 9.25. The van der Waals surface area contributed by atoms with E-state index in [0.29, 0.717) is 28.6 Å². The van der Waals surface area contributed by atoms with Crippen molar-refractivity contribution in [2.24, 2.45) is 5.92 Å². The normalized spacial score (nSPS) is 11.7. The zero-order valence-electron chi connectivity index (χ0n) is 15.1. The minimum atomic E-state index is -0.714. The molecule has 0 heterocycles. The number of anilines is 1. The number of nitrogens with one attached hydrogen (secondary N) is 2. The van der Waals surface area contributed by atoms with Gasteiger partial charge in [0.1, 0.15) is 11.8 Å². The topological polar surface area (TPSA) is 67.4 Å². The van der Waals surface area contributed by atoms with Gasteiger partial charge in [-0.15, -0.1) is 0 Å². The molecule has 0 fully saturated rings. The van der Waals surface area contributed by atoms with Crippen LogP contribution in [0, 0.1) is 5.92 Å². The van der Waals surface area contributed by atoms with E-state index < -0.39 is 6.04 Å². The molecule has 0 aromatic heterocycles. The summed E-state index contributed by atoms with van der Waals surface area (Å²) in [6.07, 6.45) is 0. The molecule has 2 aromatic rings. The van der Waals surface area contributed by atoms with Crippen molar-refractivity contribution in [2.75, 3.05) is 11.9 Å². The summed E-state index contributed by atoms with van der Waals surface area (Å²) in [6, 6.07) is 13.2. The molecule has 2 amide bonds. The summed E-state index contributed by atoms with van der Waals surface area (Å²) in [5.41, 5.74) is 0.902. The molecule has 0 bridgehead atoms. The van der Waals surface area contributed by atoms with Gasteiger partial charge in [-0.3, -0.25) is 9.59 Å². The molecule has 5 nitrogen and oxygen atoms in total. The van der Waals surface area contributed by atoms with Gasteiger partial charge in [0.15, 0.2) is 0 Å². The third-order valence-electron chi connectivity index (χ3n) is 3.80. The first kappa shape index (κ1) is 19.8. The summed E-state index contributed by atoms with van der Waals surface area (Å²) in [5, 5.41) is 6.01. The number of ether oxygens (including phenoxy) is 1. The van der Waals surface area contributed by atoms with Crippen LogP contribution in [-0.4, -0.2) is 24.5 Å². The Bertz CT molecular complexity index is 777. The lowest BCUT2D eigenvalue weighted by atomic mass is 10.0. The van der Waals surface area contributed by atoms with E-state index in [1.165, 1.54) is 0 Å². The Balaban J connectivity index is 2.16. The third-order valence-corrected chi connectivity index (χ3v) is 4.13. The summed E-state index contributed by atoms with van der Waals surface area (Å²) in [6.45, 7) is 6.03. The van der Waals surface area contributed by atoms with Gasteiger partial charge in [-0.05, 0) is 37.1 Å².